The summed E-state index contributed by atoms with van der Waals surface area (Å²) in [6.45, 7) is -1.16. The molecule has 1 saturated heterocycles. The van der Waals surface area contributed by atoms with E-state index in [0.717, 1.165) is 0 Å². The third-order valence-electron chi connectivity index (χ3n) is 7.99. The number of ether oxygens (including phenoxy) is 6. The molecule has 0 spiro atoms. The molecule has 228 valence electrons. The van der Waals surface area contributed by atoms with Gasteiger partial charge in [-0.05, 0) is 47.6 Å². The van der Waals surface area contributed by atoms with Crippen LogP contribution in [0.1, 0.15) is 22.6 Å². The summed E-state index contributed by atoms with van der Waals surface area (Å²) in [7, 11) is 5.61. The van der Waals surface area contributed by atoms with Gasteiger partial charge in [0.2, 0.25) is 17.8 Å². The Labute approximate surface area is 237 Å². The normalized spacial score (nSPS) is 29.4. The van der Waals surface area contributed by atoms with Crippen molar-refractivity contribution in [3.8, 4) is 34.5 Å². The Hall–Kier alpha value is -3.04. The van der Waals surface area contributed by atoms with Crippen LogP contribution in [0.4, 0.5) is 0 Å². The molecule has 2 aromatic rings. The van der Waals surface area contributed by atoms with E-state index >= 15 is 0 Å². The summed E-state index contributed by atoms with van der Waals surface area (Å²) in [4.78, 5) is 0. The zero-order chi connectivity index (χ0) is 30.0. The van der Waals surface area contributed by atoms with Gasteiger partial charge in [0.15, 0.2) is 23.0 Å². The molecule has 2 aromatic carbocycles. The number of fused-ring (bicyclic) bond motifs is 1. The second kappa shape index (κ2) is 12.9. The molecule has 0 bridgehead atoms. The van der Waals surface area contributed by atoms with E-state index in [9.17, 15) is 35.7 Å². The molecule has 1 aliphatic heterocycles. The highest BCUT2D eigenvalue weighted by atomic mass is 16.7. The van der Waals surface area contributed by atoms with E-state index in [1.165, 1.54) is 28.4 Å². The second-order valence-corrected chi connectivity index (χ2v) is 10.1. The monoisotopic (exact) mass is 582 g/mol. The van der Waals surface area contributed by atoms with Gasteiger partial charge in [-0.3, -0.25) is 0 Å². The van der Waals surface area contributed by atoms with Crippen molar-refractivity contribution in [3.05, 3.63) is 34.9 Å². The predicted molar refractivity (Wildman–Crippen MR) is 142 cm³/mol. The third-order valence-corrected chi connectivity index (χ3v) is 7.99. The Morgan fingerprint density at radius 2 is 1.39 bits per heavy atom. The topological polar surface area (TPSA) is 197 Å². The highest BCUT2D eigenvalue weighted by Gasteiger charge is 2.46. The molecule has 1 heterocycles. The summed E-state index contributed by atoms with van der Waals surface area (Å²) in [6.07, 6.45) is -7.32. The highest BCUT2D eigenvalue weighted by Crippen LogP contribution is 2.54. The van der Waals surface area contributed by atoms with Gasteiger partial charge in [-0.15, -0.1) is 0 Å². The van der Waals surface area contributed by atoms with Crippen LogP contribution in [-0.2, 0) is 11.2 Å². The van der Waals surface area contributed by atoms with Gasteiger partial charge in [-0.1, -0.05) is 0 Å². The number of methoxy groups -OCH3 is 4. The van der Waals surface area contributed by atoms with Crippen molar-refractivity contribution < 1.29 is 64.2 Å². The number of aliphatic hydroxyl groups is 6. The molecule has 0 radical (unpaired) electrons. The summed E-state index contributed by atoms with van der Waals surface area (Å²) in [5, 5.41) is 71.9. The fraction of sp³-hybridized carbons (Fsp3) is 0.571. The average Bonchev–Trinajstić information content (AvgIpc) is 2.99. The molecular weight excluding hydrogens is 544 g/mol. The van der Waals surface area contributed by atoms with Crippen molar-refractivity contribution in [2.75, 3.05) is 48.3 Å². The van der Waals surface area contributed by atoms with Crippen molar-refractivity contribution in [2.45, 2.75) is 43.0 Å². The van der Waals surface area contributed by atoms with E-state index in [2.05, 4.69) is 0 Å². The van der Waals surface area contributed by atoms with Gasteiger partial charge >= 0.3 is 0 Å². The van der Waals surface area contributed by atoms with Crippen molar-refractivity contribution >= 4 is 0 Å². The number of phenols is 1. The van der Waals surface area contributed by atoms with Gasteiger partial charge in [0, 0.05) is 24.7 Å². The number of hydrogen-bond acceptors (Lipinski definition) is 13. The van der Waals surface area contributed by atoms with Crippen LogP contribution in [0.25, 0.3) is 0 Å². The van der Waals surface area contributed by atoms with E-state index in [0.29, 0.717) is 16.7 Å². The second-order valence-electron chi connectivity index (χ2n) is 10.1. The lowest BCUT2D eigenvalue weighted by molar-refractivity contribution is -0.277. The lowest BCUT2D eigenvalue weighted by Gasteiger charge is -2.41. The fourth-order valence-electron chi connectivity index (χ4n) is 5.81. The summed E-state index contributed by atoms with van der Waals surface area (Å²) < 4.78 is 33.7. The molecule has 1 fully saturated rings. The molecular formula is C28H38O13. The van der Waals surface area contributed by atoms with Crippen LogP contribution in [0.2, 0.25) is 0 Å². The van der Waals surface area contributed by atoms with E-state index in [4.69, 9.17) is 28.4 Å². The molecule has 0 amide bonds. The summed E-state index contributed by atoms with van der Waals surface area (Å²) >= 11 is 0. The molecule has 13 nitrogen and oxygen atoms in total. The number of rotatable bonds is 10. The van der Waals surface area contributed by atoms with Crippen LogP contribution >= 0.6 is 0 Å². The molecule has 41 heavy (non-hydrogen) atoms. The van der Waals surface area contributed by atoms with Gasteiger partial charge < -0.3 is 64.2 Å². The van der Waals surface area contributed by atoms with Crippen LogP contribution in [0, 0.1) is 11.8 Å². The first-order valence-electron chi connectivity index (χ1n) is 13.1. The third kappa shape index (κ3) is 5.46. The zero-order valence-electron chi connectivity index (χ0n) is 23.3. The van der Waals surface area contributed by atoms with Crippen molar-refractivity contribution in [2.24, 2.45) is 11.8 Å². The Morgan fingerprint density at radius 3 is 1.90 bits per heavy atom. The molecule has 0 saturated carbocycles. The largest absolute Gasteiger partial charge is 0.502 e. The minimum atomic E-state index is -1.67. The Morgan fingerprint density at radius 1 is 0.756 bits per heavy atom. The minimum absolute atomic E-state index is 0.0248. The number of hydrogen-bond donors (Lipinski definition) is 7. The standard InChI is InChI=1S/C28H38O13/c1-36-17-6-12(7-18(37-2)22(17)32)21-14-8-19(38-3)27(26(39-4)15(14)5-13(9-29)16(21)10-30)41-28-25(35)24(34)23(33)20(11-31)40-28/h6-8,13,16,20-21,23-25,28-35H,5,9-11H2,1-4H3. The number of aliphatic hydroxyl groups excluding tert-OH is 6. The quantitative estimate of drug-likeness (QED) is 0.190. The lowest BCUT2D eigenvalue weighted by atomic mass is 9.66. The van der Waals surface area contributed by atoms with Gasteiger partial charge in [0.25, 0.3) is 0 Å². The molecule has 4 rings (SSSR count). The number of aromatic hydroxyl groups is 1. The van der Waals surface area contributed by atoms with E-state index in [1.54, 1.807) is 18.2 Å². The van der Waals surface area contributed by atoms with Crippen molar-refractivity contribution in [1.82, 2.24) is 0 Å². The predicted octanol–water partition coefficient (Wildman–Crippen LogP) is -0.490. The van der Waals surface area contributed by atoms with Crippen molar-refractivity contribution in [1.29, 1.82) is 0 Å². The van der Waals surface area contributed by atoms with Crippen LogP contribution < -0.4 is 23.7 Å². The fourth-order valence-corrected chi connectivity index (χ4v) is 5.81. The maximum Gasteiger partial charge on any atom is 0.229 e. The Kier molecular flexibility index (Phi) is 9.70. The maximum absolute atomic E-state index is 10.6. The highest BCUT2D eigenvalue weighted by molar-refractivity contribution is 5.63. The Balaban J connectivity index is 1.89. The first-order valence-corrected chi connectivity index (χ1v) is 13.1. The van der Waals surface area contributed by atoms with Crippen molar-refractivity contribution in [3.63, 3.8) is 0 Å². The average molecular weight is 583 g/mol. The van der Waals surface area contributed by atoms with E-state index in [1.807, 2.05) is 0 Å². The minimum Gasteiger partial charge on any atom is -0.502 e. The summed E-state index contributed by atoms with van der Waals surface area (Å²) in [5.74, 6) is -0.912. The van der Waals surface area contributed by atoms with Gasteiger partial charge in [0.1, 0.15) is 24.4 Å². The smallest absolute Gasteiger partial charge is 0.229 e. The first-order chi connectivity index (χ1) is 19.7. The lowest BCUT2D eigenvalue weighted by Crippen LogP contribution is -2.60. The first kappa shape index (κ1) is 30.9. The van der Waals surface area contributed by atoms with Crippen LogP contribution in [0.15, 0.2) is 18.2 Å². The molecule has 0 aromatic heterocycles. The summed E-state index contributed by atoms with van der Waals surface area (Å²) in [6, 6.07) is 4.95. The zero-order valence-corrected chi connectivity index (χ0v) is 23.3. The molecule has 7 N–H and O–H groups in total. The molecule has 1 aliphatic carbocycles. The molecule has 8 unspecified atom stereocenters. The Bertz CT molecular complexity index is 1180. The van der Waals surface area contributed by atoms with Gasteiger partial charge in [-0.25, -0.2) is 0 Å². The number of phenolic OH excluding ortho intramolecular Hbond substituents is 1. The molecule has 2 aliphatic rings. The van der Waals surface area contributed by atoms with E-state index < -0.39 is 55.1 Å². The maximum atomic E-state index is 10.6. The van der Waals surface area contributed by atoms with Crippen LogP contribution in [-0.4, -0.2) is 115 Å². The van der Waals surface area contributed by atoms with Crippen LogP contribution in [0.3, 0.4) is 0 Å². The molecule has 13 heteroatoms. The van der Waals surface area contributed by atoms with Crippen LogP contribution in [0.5, 0.6) is 34.5 Å². The number of benzene rings is 2. The van der Waals surface area contributed by atoms with E-state index in [-0.39, 0.29) is 54.1 Å². The summed E-state index contributed by atoms with van der Waals surface area (Å²) in [5.41, 5.74) is 1.92. The van der Waals surface area contributed by atoms with Gasteiger partial charge in [0.05, 0.1) is 35.0 Å². The van der Waals surface area contributed by atoms with Gasteiger partial charge in [-0.2, -0.15) is 0 Å². The SMILES string of the molecule is COc1cc(C2c3cc(OC)c(OC4OC(CO)C(O)C(O)C4O)c(OC)c3CC(CO)C2CO)cc(OC)c1O. The molecule has 8 atom stereocenters.